The Hall–Kier alpha value is -3.06. The number of benzene rings is 2. The Morgan fingerprint density at radius 1 is 1.26 bits per heavy atom. The highest BCUT2D eigenvalue weighted by molar-refractivity contribution is 6.30. The molecule has 2 aromatic carbocycles. The Bertz CT molecular complexity index is 812. The van der Waals surface area contributed by atoms with Crippen LogP contribution in [0.2, 0.25) is 5.02 Å². The number of nitrogens with zero attached hydrogens (tertiary/aromatic N) is 1. The van der Waals surface area contributed by atoms with Crippen LogP contribution in [-0.4, -0.2) is 36.0 Å². The Balaban J connectivity index is 2.06. The molecule has 27 heavy (non-hydrogen) atoms. The maximum absolute atomic E-state index is 12.4. The fourth-order valence-corrected chi connectivity index (χ4v) is 2.43. The highest BCUT2D eigenvalue weighted by atomic mass is 35.5. The first-order chi connectivity index (χ1) is 13.0. The predicted molar refractivity (Wildman–Crippen MR) is 103 cm³/mol. The lowest BCUT2D eigenvalue weighted by Gasteiger charge is -2.16. The minimum atomic E-state index is -0.878. The summed E-state index contributed by atoms with van der Waals surface area (Å²) >= 11 is 5.86. The van der Waals surface area contributed by atoms with Gasteiger partial charge in [0.25, 0.3) is 5.91 Å². The lowest BCUT2D eigenvalue weighted by Crippen LogP contribution is -2.47. The van der Waals surface area contributed by atoms with E-state index in [4.69, 9.17) is 16.3 Å². The molecule has 0 aliphatic rings. The van der Waals surface area contributed by atoms with Crippen LogP contribution in [0.4, 0.5) is 4.79 Å². The standard InChI is InChI=1S/C19H20ClN3O4/c1-2-27-19(26)22-16(10-13-6-4-3-5-7-13)18(25)23-21-12-14-11-15(20)8-9-17(14)24/h3-9,11-12,16,24H,2,10H2,1H3,(H,22,26)(H,23,25)/b21-12-/t16-/m1/s1. The Morgan fingerprint density at radius 2 is 2.00 bits per heavy atom. The van der Waals surface area contributed by atoms with Crippen molar-refractivity contribution < 1.29 is 19.4 Å². The number of nitrogens with one attached hydrogen (secondary N) is 2. The van der Waals surface area contributed by atoms with Crippen LogP contribution in [-0.2, 0) is 16.0 Å². The maximum atomic E-state index is 12.4. The fraction of sp³-hybridized carbons (Fsp3) is 0.211. The molecule has 142 valence electrons. The molecule has 2 aromatic rings. The molecule has 0 unspecified atom stereocenters. The number of phenolic OH excluding ortho intramolecular Hbond substituents is 1. The Morgan fingerprint density at radius 3 is 2.70 bits per heavy atom. The van der Waals surface area contributed by atoms with E-state index in [2.05, 4.69) is 15.8 Å². The number of amides is 2. The summed E-state index contributed by atoms with van der Waals surface area (Å²) in [4.78, 5) is 24.2. The molecule has 0 saturated heterocycles. The van der Waals surface area contributed by atoms with Crippen LogP contribution in [0.3, 0.4) is 0 Å². The summed E-state index contributed by atoms with van der Waals surface area (Å²) in [6, 6.07) is 12.8. The van der Waals surface area contributed by atoms with E-state index in [-0.39, 0.29) is 18.8 Å². The van der Waals surface area contributed by atoms with Crippen LogP contribution < -0.4 is 10.7 Å². The minimum Gasteiger partial charge on any atom is -0.507 e. The number of alkyl carbamates (subject to hydrolysis) is 1. The summed E-state index contributed by atoms with van der Waals surface area (Å²) in [5.41, 5.74) is 3.57. The fourth-order valence-electron chi connectivity index (χ4n) is 2.25. The molecule has 3 N–H and O–H groups in total. The highest BCUT2D eigenvalue weighted by Crippen LogP contribution is 2.19. The van der Waals surface area contributed by atoms with E-state index >= 15 is 0 Å². The van der Waals surface area contributed by atoms with Gasteiger partial charge in [0.15, 0.2) is 0 Å². The molecule has 0 aromatic heterocycles. The molecule has 0 radical (unpaired) electrons. The van der Waals surface area contributed by atoms with Gasteiger partial charge >= 0.3 is 6.09 Å². The summed E-state index contributed by atoms with van der Waals surface area (Å²) in [6.45, 7) is 1.87. The van der Waals surface area contributed by atoms with Crippen molar-refractivity contribution in [1.29, 1.82) is 0 Å². The van der Waals surface area contributed by atoms with E-state index in [1.165, 1.54) is 24.4 Å². The van der Waals surface area contributed by atoms with E-state index in [1.807, 2.05) is 30.3 Å². The largest absolute Gasteiger partial charge is 0.507 e. The van der Waals surface area contributed by atoms with Crippen molar-refractivity contribution in [2.75, 3.05) is 6.61 Å². The summed E-state index contributed by atoms with van der Waals surface area (Å²) < 4.78 is 4.85. The average molecular weight is 390 g/mol. The van der Waals surface area contributed by atoms with E-state index in [1.54, 1.807) is 6.92 Å². The SMILES string of the molecule is CCOC(=O)N[C@H](Cc1ccccc1)C(=O)N/N=C\c1cc(Cl)ccc1O. The van der Waals surface area contributed by atoms with E-state index in [0.29, 0.717) is 10.6 Å². The smallest absolute Gasteiger partial charge is 0.407 e. The van der Waals surface area contributed by atoms with Crippen molar-refractivity contribution in [2.45, 2.75) is 19.4 Å². The van der Waals surface area contributed by atoms with Crippen molar-refractivity contribution in [2.24, 2.45) is 5.10 Å². The molecule has 1 atom stereocenters. The van der Waals surface area contributed by atoms with Gasteiger partial charge in [0.05, 0.1) is 12.8 Å². The van der Waals surface area contributed by atoms with Gasteiger partial charge in [-0.25, -0.2) is 10.2 Å². The second-order valence-electron chi connectivity index (χ2n) is 5.54. The molecule has 0 spiro atoms. The number of phenols is 1. The molecule has 0 aliphatic carbocycles. The Labute approximate surface area is 162 Å². The number of ether oxygens (including phenoxy) is 1. The zero-order chi connectivity index (χ0) is 19.6. The van der Waals surface area contributed by atoms with E-state index in [9.17, 15) is 14.7 Å². The second-order valence-corrected chi connectivity index (χ2v) is 5.98. The number of aromatic hydroxyl groups is 1. The summed E-state index contributed by atoms with van der Waals surface area (Å²) in [5, 5.41) is 16.5. The highest BCUT2D eigenvalue weighted by Gasteiger charge is 2.21. The van der Waals surface area contributed by atoms with Gasteiger partial charge in [-0.05, 0) is 30.7 Å². The third-order valence-electron chi connectivity index (χ3n) is 3.53. The normalized spacial score (nSPS) is 11.8. The first-order valence-electron chi connectivity index (χ1n) is 8.28. The van der Waals surface area contributed by atoms with Gasteiger partial charge in [0.1, 0.15) is 11.8 Å². The van der Waals surface area contributed by atoms with Crippen molar-refractivity contribution in [3.05, 3.63) is 64.7 Å². The molecule has 0 fully saturated rings. The average Bonchev–Trinajstić information content (AvgIpc) is 2.65. The molecule has 7 nitrogen and oxygen atoms in total. The van der Waals surface area contributed by atoms with Crippen LogP contribution >= 0.6 is 11.6 Å². The van der Waals surface area contributed by atoms with Crippen molar-refractivity contribution in [3.63, 3.8) is 0 Å². The zero-order valence-corrected chi connectivity index (χ0v) is 15.4. The Kier molecular flexibility index (Phi) is 7.63. The summed E-state index contributed by atoms with van der Waals surface area (Å²) in [6.07, 6.45) is 0.844. The van der Waals surface area contributed by atoms with Crippen LogP contribution in [0, 0.1) is 0 Å². The molecule has 0 heterocycles. The van der Waals surface area contributed by atoms with Gasteiger partial charge in [-0.1, -0.05) is 41.9 Å². The molecule has 0 bridgehead atoms. The number of carbonyl (C=O) groups is 2. The summed E-state index contributed by atoms with van der Waals surface area (Å²) in [5.74, 6) is -0.549. The van der Waals surface area contributed by atoms with Crippen LogP contribution in [0.15, 0.2) is 53.6 Å². The molecular weight excluding hydrogens is 370 g/mol. The van der Waals surface area contributed by atoms with Crippen LogP contribution in [0.25, 0.3) is 0 Å². The number of rotatable bonds is 7. The number of carbonyl (C=O) groups excluding carboxylic acids is 2. The molecule has 0 saturated carbocycles. The molecule has 2 amide bonds. The monoisotopic (exact) mass is 389 g/mol. The number of hydrazone groups is 1. The quantitative estimate of drug-likeness (QED) is 0.500. The predicted octanol–water partition coefficient (Wildman–Crippen LogP) is 2.85. The number of hydrogen-bond donors (Lipinski definition) is 3. The minimum absolute atomic E-state index is 0.0251. The van der Waals surface area contributed by atoms with Crippen molar-refractivity contribution in [3.8, 4) is 5.75 Å². The van der Waals surface area contributed by atoms with Crippen LogP contribution in [0.1, 0.15) is 18.1 Å². The van der Waals surface area contributed by atoms with E-state index in [0.717, 1.165) is 5.56 Å². The molecular formula is C19H20ClN3O4. The second kappa shape index (κ2) is 10.2. The third kappa shape index (κ3) is 6.63. The topological polar surface area (TPSA) is 100 Å². The third-order valence-corrected chi connectivity index (χ3v) is 3.77. The van der Waals surface area contributed by atoms with Gasteiger partial charge in [0.2, 0.25) is 0 Å². The molecule has 2 rings (SSSR count). The summed E-state index contributed by atoms with van der Waals surface area (Å²) in [7, 11) is 0. The maximum Gasteiger partial charge on any atom is 0.407 e. The number of hydrogen-bond acceptors (Lipinski definition) is 5. The van der Waals surface area contributed by atoms with Crippen molar-refractivity contribution in [1.82, 2.24) is 10.7 Å². The van der Waals surface area contributed by atoms with Gasteiger partial charge < -0.3 is 15.2 Å². The van der Waals surface area contributed by atoms with Gasteiger partial charge in [-0.15, -0.1) is 0 Å². The van der Waals surface area contributed by atoms with Gasteiger partial charge in [0, 0.05) is 17.0 Å². The number of halogens is 1. The van der Waals surface area contributed by atoms with Crippen LogP contribution in [0.5, 0.6) is 5.75 Å². The lowest BCUT2D eigenvalue weighted by molar-refractivity contribution is -0.123. The van der Waals surface area contributed by atoms with Crippen molar-refractivity contribution >= 4 is 29.8 Å². The van der Waals surface area contributed by atoms with Gasteiger partial charge in [-0.3, -0.25) is 4.79 Å². The first kappa shape index (κ1) is 20.3. The first-order valence-corrected chi connectivity index (χ1v) is 8.66. The molecule has 8 heteroatoms. The molecule has 0 aliphatic heterocycles. The zero-order valence-electron chi connectivity index (χ0n) is 14.7. The van der Waals surface area contributed by atoms with E-state index < -0.39 is 18.0 Å². The van der Waals surface area contributed by atoms with Gasteiger partial charge in [-0.2, -0.15) is 5.10 Å². The lowest BCUT2D eigenvalue weighted by atomic mass is 10.1.